The summed E-state index contributed by atoms with van der Waals surface area (Å²) in [5, 5.41) is 15.9. The molecule has 0 saturated carbocycles. The number of anilines is 1. The summed E-state index contributed by atoms with van der Waals surface area (Å²) in [4.78, 5) is 11.3. The predicted octanol–water partition coefficient (Wildman–Crippen LogP) is 4.73. The number of nitro benzene ring substituents is 1. The Morgan fingerprint density at radius 1 is 1.47 bits per heavy atom. The Balaban J connectivity index is 2.29. The van der Waals surface area contributed by atoms with Crippen LogP contribution in [0.3, 0.4) is 0 Å². The quantitative estimate of drug-likeness (QED) is 0.644. The van der Waals surface area contributed by atoms with E-state index in [4.69, 9.17) is 0 Å². The summed E-state index contributed by atoms with van der Waals surface area (Å²) < 4.78 is 14.0. The molecule has 0 spiro atoms. The van der Waals surface area contributed by atoms with Gasteiger partial charge in [0.05, 0.1) is 17.0 Å². The molecule has 1 aromatic carbocycles. The topological polar surface area (TPSA) is 55.2 Å². The van der Waals surface area contributed by atoms with Crippen LogP contribution in [0.1, 0.15) is 17.8 Å². The SMILES string of the molecule is CC(Nc1ccc(F)cc1[N+](=O)[O-])c1sccc1Br. The number of nitrogens with one attached hydrogen (secondary N) is 1. The van der Waals surface area contributed by atoms with Gasteiger partial charge in [0.1, 0.15) is 11.5 Å². The molecule has 7 heteroatoms. The fourth-order valence-corrected chi connectivity index (χ4v) is 3.42. The van der Waals surface area contributed by atoms with Crippen molar-refractivity contribution in [3.8, 4) is 0 Å². The third-order valence-electron chi connectivity index (χ3n) is 2.57. The van der Waals surface area contributed by atoms with Gasteiger partial charge in [-0.2, -0.15) is 0 Å². The molecule has 0 aliphatic heterocycles. The van der Waals surface area contributed by atoms with Gasteiger partial charge in [0.25, 0.3) is 5.69 Å². The molecule has 0 aliphatic rings. The fraction of sp³-hybridized carbons (Fsp3) is 0.167. The lowest BCUT2D eigenvalue weighted by Gasteiger charge is -2.14. The van der Waals surface area contributed by atoms with Crippen LogP contribution in [0.2, 0.25) is 0 Å². The Morgan fingerprint density at radius 2 is 2.21 bits per heavy atom. The molecule has 1 unspecified atom stereocenters. The number of rotatable bonds is 4. The Hall–Kier alpha value is -1.47. The van der Waals surface area contributed by atoms with Gasteiger partial charge in [-0.15, -0.1) is 11.3 Å². The van der Waals surface area contributed by atoms with Crippen molar-refractivity contribution < 1.29 is 9.31 Å². The van der Waals surface area contributed by atoms with E-state index in [9.17, 15) is 14.5 Å². The zero-order valence-electron chi connectivity index (χ0n) is 9.89. The average molecular weight is 345 g/mol. The summed E-state index contributed by atoms with van der Waals surface area (Å²) in [7, 11) is 0. The van der Waals surface area contributed by atoms with Gasteiger partial charge in [-0.3, -0.25) is 10.1 Å². The number of thiophene rings is 1. The van der Waals surface area contributed by atoms with Crippen LogP contribution >= 0.6 is 27.3 Å². The summed E-state index contributed by atoms with van der Waals surface area (Å²) in [6, 6.07) is 5.30. The van der Waals surface area contributed by atoms with E-state index in [1.54, 1.807) is 11.3 Å². The van der Waals surface area contributed by atoms with Crippen molar-refractivity contribution in [2.24, 2.45) is 0 Å². The number of hydrogen-bond acceptors (Lipinski definition) is 4. The maximum Gasteiger partial charge on any atom is 0.295 e. The highest BCUT2D eigenvalue weighted by Crippen LogP contribution is 2.33. The van der Waals surface area contributed by atoms with Crippen LogP contribution in [-0.2, 0) is 0 Å². The Kier molecular flexibility index (Phi) is 4.16. The minimum atomic E-state index is -0.623. The van der Waals surface area contributed by atoms with Gasteiger partial charge in [0.15, 0.2) is 0 Å². The predicted molar refractivity (Wildman–Crippen MR) is 77.1 cm³/mol. The third kappa shape index (κ3) is 3.10. The van der Waals surface area contributed by atoms with Crippen molar-refractivity contribution in [3.05, 3.63) is 54.9 Å². The van der Waals surface area contributed by atoms with Crippen LogP contribution < -0.4 is 5.32 Å². The molecule has 1 N–H and O–H groups in total. The van der Waals surface area contributed by atoms with E-state index in [-0.39, 0.29) is 11.7 Å². The van der Waals surface area contributed by atoms with E-state index in [2.05, 4.69) is 21.2 Å². The van der Waals surface area contributed by atoms with Gasteiger partial charge in [-0.25, -0.2) is 4.39 Å². The second-order valence-electron chi connectivity index (χ2n) is 3.92. The number of nitrogens with zero attached hydrogens (tertiary/aromatic N) is 1. The summed E-state index contributed by atoms with van der Waals surface area (Å²) in [6.45, 7) is 1.89. The normalized spacial score (nSPS) is 12.2. The maximum absolute atomic E-state index is 13.0. The van der Waals surface area contributed by atoms with Crippen LogP contribution in [-0.4, -0.2) is 4.92 Å². The van der Waals surface area contributed by atoms with Gasteiger partial charge < -0.3 is 5.32 Å². The summed E-state index contributed by atoms with van der Waals surface area (Å²) in [6.07, 6.45) is 0. The first kappa shape index (κ1) is 14.0. The number of nitro groups is 1. The maximum atomic E-state index is 13.0. The summed E-state index contributed by atoms with van der Waals surface area (Å²) >= 11 is 4.96. The van der Waals surface area contributed by atoms with E-state index < -0.39 is 10.7 Å². The van der Waals surface area contributed by atoms with E-state index in [1.165, 1.54) is 12.1 Å². The lowest BCUT2D eigenvalue weighted by Crippen LogP contribution is -2.07. The minimum absolute atomic E-state index is 0.112. The highest BCUT2D eigenvalue weighted by atomic mass is 79.9. The van der Waals surface area contributed by atoms with Crippen LogP contribution in [0.25, 0.3) is 0 Å². The van der Waals surface area contributed by atoms with Crippen molar-refractivity contribution in [1.82, 2.24) is 0 Å². The van der Waals surface area contributed by atoms with Gasteiger partial charge in [-0.05, 0) is 46.4 Å². The van der Waals surface area contributed by atoms with Gasteiger partial charge in [-0.1, -0.05) is 0 Å². The van der Waals surface area contributed by atoms with Crippen LogP contribution in [0.4, 0.5) is 15.8 Å². The summed E-state index contributed by atoms with van der Waals surface area (Å²) in [5.41, 5.74) is 0.0405. The second kappa shape index (κ2) is 5.66. The molecular formula is C12H10BrFN2O2S. The minimum Gasteiger partial charge on any atom is -0.372 e. The summed E-state index contributed by atoms with van der Waals surface area (Å²) in [5.74, 6) is -0.623. The first-order valence-corrected chi connectivity index (χ1v) is 7.09. The van der Waals surface area contributed by atoms with E-state index in [0.29, 0.717) is 5.69 Å². The lowest BCUT2D eigenvalue weighted by atomic mass is 10.2. The average Bonchev–Trinajstić information content (AvgIpc) is 2.77. The highest BCUT2D eigenvalue weighted by Gasteiger charge is 2.18. The molecule has 0 fully saturated rings. The molecule has 0 saturated heterocycles. The van der Waals surface area contributed by atoms with Crippen LogP contribution in [0, 0.1) is 15.9 Å². The van der Waals surface area contributed by atoms with E-state index in [0.717, 1.165) is 15.4 Å². The van der Waals surface area contributed by atoms with Crippen LogP contribution in [0.15, 0.2) is 34.1 Å². The number of halogens is 2. The van der Waals surface area contributed by atoms with Gasteiger partial charge in [0, 0.05) is 9.35 Å². The van der Waals surface area contributed by atoms with Crippen molar-refractivity contribution in [3.63, 3.8) is 0 Å². The second-order valence-corrected chi connectivity index (χ2v) is 5.72. The molecule has 0 aliphatic carbocycles. The zero-order valence-corrected chi connectivity index (χ0v) is 12.3. The standard InChI is InChI=1S/C12H10BrFN2O2S/c1-7(12-9(13)4-5-19-12)15-10-3-2-8(14)6-11(10)16(17)18/h2-7,15H,1H3. The molecule has 0 bridgehead atoms. The van der Waals surface area contributed by atoms with Gasteiger partial charge in [0.2, 0.25) is 0 Å². The molecule has 1 heterocycles. The monoisotopic (exact) mass is 344 g/mol. The molecule has 0 radical (unpaired) electrons. The van der Waals surface area contributed by atoms with Crippen molar-refractivity contribution in [1.29, 1.82) is 0 Å². The highest BCUT2D eigenvalue weighted by molar-refractivity contribution is 9.10. The number of hydrogen-bond donors (Lipinski definition) is 1. The first-order chi connectivity index (χ1) is 8.99. The zero-order chi connectivity index (χ0) is 14.0. The van der Waals surface area contributed by atoms with Crippen molar-refractivity contribution in [2.45, 2.75) is 13.0 Å². The van der Waals surface area contributed by atoms with Crippen molar-refractivity contribution in [2.75, 3.05) is 5.32 Å². The smallest absolute Gasteiger partial charge is 0.295 e. The molecule has 2 aromatic rings. The molecule has 0 amide bonds. The molecule has 1 atom stereocenters. The molecule has 2 rings (SSSR count). The first-order valence-electron chi connectivity index (χ1n) is 5.42. The Morgan fingerprint density at radius 3 is 2.79 bits per heavy atom. The van der Waals surface area contributed by atoms with E-state index in [1.807, 2.05) is 18.4 Å². The molecule has 100 valence electrons. The molecule has 1 aromatic heterocycles. The Bertz CT molecular complexity index is 618. The van der Waals surface area contributed by atoms with Crippen LogP contribution in [0.5, 0.6) is 0 Å². The third-order valence-corrected chi connectivity index (χ3v) is 4.62. The fourth-order valence-electron chi connectivity index (χ4n) is 1.69. The molecule has 4 nitrogen and oxygen atoms in total. The lowest BCUT2D eigenvalue weighted by molar-refractivity contribution is -0.384. The van der Waals surface area contributed by atoms with Gasteiger partial charge >= 0.3 is 0 Å². The van der Waals surface area contributed by atoms with Crippen molar-refractivity contribution >= 4 is 38.6 Å². The largest absolute Gasteiger partial charge is 0.372 e. The number of benzene rings is 1. The molecule has 19 heavy (non-hydrogen) atoms. The van der Waals surface area contributed by atoms with E-state index >= 15 is 0 Å². The molecular weight excluding hydrogens is 335 g/mol. The Labute approximate surface area is 121 Å².